The average Bonchev–Trinajstić information content (AvgIpc) is 2.67. The summed E-state index contributed by atoms with van der Waals surface area (Å²) in [6.07, 6.45) is 19.9. The van der Waals surface area contributed by atoms with Crippen molar-refractivity contribution in [2.75, 3.05) is 19.8 Å². The molecule has 0 radical (unpaired) electrons. The molecule has 0 saturated heterocycles. The number of allylic oxidation sites excluding steroid dienone is 1. The van der Waals surface area contributed by atoms with Gasteiger partial charge in [-0.25, -0.2) is 4.79 Å². The molecular weight excluding hydrogens is 340 g/mol. The molecule has 27 heavy (non-hydrogen) atoms. The lowest BCUT2D eigenvalue weighted by molar-refractivity contribution is -0.148. The highest BCUT2D eigenvalue weighted by molar-refractivity contribution is 5.82. The fourth-order valence-electron chi connectivity index (χ4n) is 2.93. The largest absolute Gasteiger partial charge is 0.454 e. The molecule has 0 spiro atoms. The molecule has 160 valence electrons. The third kappa shape index (κ3) is 19.7. The Hall–Kier alpha value is -0.870. The van der Waals surface area contributed by atoms with E-state index in [1.807, 2.05) is 6.08 Å². The normalized spacial score (nSPS) is 12.6. The Morgan fingerprint density at radius 3 is 2.00 bits per heavy atom. The van der Waals surface area contributed by atoms with E-state index in [1.54, 1.807) is 0 Å². The van der Waals surface area contributed by atoms with Crippen LogP contribution in [0.15, 0.2) is 12.2 Å². The van der Waals surface area contributed by atoms with Crippen molar-refractivity contribution in [3.8, 4) is 0 Å². The maximum absolute atomic E-state index is 11.8. The van der Waals surface area contributed by atoms with Crippen LogP contribution in [0, 0.1) is 0 Å². The zero-order chi connectivity index (χ0) is 20.0. The van der Waals surface area contributed by atoms with Crippen LogP contribution in [0.25, 0.3) is 0 Å². The third-order valence-electron chi connectivity index (χ3n) is 4.66. The minimum atomic E-state index is -0.569. The number of aliphatic hydroxyl groups is 1. The van der Waals surface area contributed by atoms with Gasteiger partial charge in [-0.2, -0.15) is 0 Å². The molecule has 0 rings (SSSR count). The summed E-state index contributed by atoms with van der Waals surface area (Å²) in [7, 11) is 0. The number of carbonyl (C=O) groups is 1. The first-order valence-electron chi connectivity index (χ1n) is 11.3. The van der Waals surface area contributed by atoms with Gasteiger partial charge in [0, 0.05) is 12.7 Å². The molecule has 4 nitrogen and oxygen atoms in total. The van der Waals surface area contributed by atoms with Crippen LogP contribution in [0.2, 0.25) is 0 Å². The van der Waals surface area contributed by atoms with Gasteiger partial charge >= 0.3 is 5.97 Å². The lowest BCUT2D eigenvalue weighted by Gasteiger charge is -2.14. The van der Waals surface area contributed by atoms with Crippen molar-refractivity contribution in [2.24, 2.45) is 0 Å². The highest BCUT2D eigenvalue weighted by atomic mass is 16.6. The highest BCUT2D eigenvalue weighted by Gasteiger charge is 2.11. The second kappa shape index (κ2) is 21.4. The molecule has 1 N–H and O–H groups in total. The molecule has 0 aliphatic carbocycles. The zero-order valence-electron chi connectivity index (χ0n) is 17.9. The van der Waals surface area contributed by atoms with Crippen molar-refractivity contribution in [1.82, 2.24) is 0 Å². The molecule has 0 aromatic carbocycles. The number of hydrogen-bond donors (Lipinski definition) is 1. The van der Waals surface area contributed by atoms with E-state index in [0.717, 1.165) is 19.3 Å². The first kappa shape index (κ1) is 26.1. The van der Waals surface area contributed by atoms with Crippen LogP contribution in [-0.4, -0.2) is 37.0 Å². The number of unbranched alkanes of at least 4 members (excludes halogenated alkanes) is 12. The molecule has 0 bridgehead atoms. The van der Waals surface area contributed by atoms with Gasteiger partial charge in [-0.3, -0.25) is 0 Å². The summed E-state index contributed by atoms with van der Waals surface area (Å²) in [5.74, 6) is -0.389. The van der Waals surface area contributed by atoms with Crippen LogP contribution >= 0.6 is 0 Å². The van der Waals surface area contributed by atoms with Gasteiger partial charge < -0.3 is 14.6 Å². The smallest absolute Gasteiger partial charge is 0.330 e. The van der Waals surface area contributed by atoms with Gasteiger partial charge in [0.15, 0.2) is 0 Å². The van der Waals surface area contributed by atoms with Gasteiger partial charge in [-0.15, -0.1) is 0 Å². The highest BCUT2D eigenvalue weighted by Crippen LogP contribution is 2.09. The first-order chi connectivity index (χ1) is 13.2. The maximum atomic E-state index is 11.8. The maximum Gasteiger partial charge on any atom is 0.330 e. The van der Waals surface area contributed by atoms with Crippen LogP contribution in [0.3, 0.4) is 0 Å². The predicted octanol–water partition coefficient (Wildman–Crippen LogP) is 5.96. The van der Waals surface area contributed by atoms with E-state index in [0.29, 0.717) is 6.61 Å². The van der Waals surface area contributed by atoms with Crippen molar-refractivity contribution >= 4 is 5.97 Å². The number of esters is 1. The molecule has 0 fully saturated rings. The summed E-state index contributed by atoms with van der Waals surface area (Å²) in [4.78, 5) is 11.8. The molecule has 0 aliphatic rings. The first-order valence-corrected chi connectivity index (χ1v) is 11.3. The molecule has 0 aliphatic heterocycles. The summed E-state index contributed by atoms with van der Waals surface area (Å²) in [6, 6.07) is 0. The molecular formula is C23H44O4. The molecule has 1 atom stereocenters. The van der Waals surface area contributed by atoms with E-state index < -0.39 is 6.10 Å². The van der Waals surface area contributed by atoms with Crippen molar-refractivity contribution in [3.05, 3.63) is 12.2 Å². The van der Waals surface area contributed by atoms with Crippen molar-refractivity contribution in [2.45, 2.75) is 110 Å². The lowest BCUT2D eigenvalue weighted by atomic mass is 10.1. The van der Waals surface area contributed by atoms with Crippen LogP contribution in [0.5, 0.6) is 0 Å². The van der Waals surface area contributed by atoms with Gasteiger partial charge in [-0.05, 0) is 19.3 Å². The lowest BCUT2D eigenvalue weighted by Crippen LogP contribution is -2.26. The van der Waals surface area contributed by atoms with E-state index >= 15 is 0 Å². The van der Waals surface area contributed by atoms with Crippen molar-refractivity contribution < 1.29 is 19.4 Å². The van der Waals surface area contributed by atoms with Gasteiger partial charge in [0.25, 0.3) is 0 Å². The molecule has 0 aromatic heterocycles. The SMILES string of the molecule is CCCCCCCCC/C=C/C(=O)OC(CO)COCCCCCCCC. The van der Waals surface area contributed by atoms with Crippen molar-refractivity contribution in [1.29, 1.82) is 0 Å². The Balaban J connectivity index is 3.60. The Morgan fingerprint density at radius 2 is 1.41 bits per heavy atom. The summed E-state index contributed by atoms with van der Waals surface area (Å²) in [6.45, 7) is 5.17. The zero-order valence-corrected chi connectivity index (χ0v) is 17.9. The minimum absolute atomic E-state index is 0.201. The van der Waals surface area contributed by atoms with Crippen LogP contribution < -0.4 is 0 Å². The molecule has 0 heterocycles. The Bertz CT molecular complexity index is 341. The Labute approximate surface area is 167 Å². The van der Waals surface area contributed by atoms with Gasteiger partial charge in [0.05, 0.1) is 13.2 Å². The quantitative estimate of drug-likeness (QED) is 0.160. The van der Waals surface area contributed by atoms with E-state index in [9.17, 15) is 9.90 Å². The monoisotopic (exact) mass is 384 g/mol. The third-order valence-corrected chi connectivity index (χ3v) is 4.66. The van der Waals surface area contributed by atoms with E-state index in [1.165, 1.54) is 76.7 Å². The van der Waals surface area contributed by atoms with Crippen LogP contribution in [0.1, 0.15) is 104 Å². The number of rotatable bonds is 20. The summed E-state index contributed by atoms with van der Waals surface area (Å²) in [5.41, 5.74) is 0. The molecule has 0 aromatic rings. The van der Waals surface area contributed by atoms with E-state index in [-0.39, 0.29) is 19.2 Å². The second-order valence-electron chi connectivity index (χ2n) is 7.40. The van der Waals surface area contributed by atoms with Crippen molar-refractivity contribution in [3.63, 3.8) is 0 Å². The topological polar surface area (TPSA) is 55.8 Å². The Morgan fingerprint density at radius 1 is 0.852 bits per heavy atom. The van der Waals surface area contributed by atoms with E-state index in [2.05, 4.69) is 13.8 Å². The number of aliphatic hydroxyl groups excluding tert-OH is 1. The molecule has 0 amide bonds. The second-order valence-corrected chi connectivity index (χ2v) is 7.40. The molecule has 0 saturated carbocycles. The Kier molecular flexibility index (Phi) is 20.7. The summed E-state index contributed by atoms with van der Waals surface area (Å²) in [5, 5.41) is 9.32. The van der Waals surface area contributed by atoms with E-state index in [4.69, 9.17) is 9.47 Å². The number of ether oxygens (including phenoxy) is 2. The molecule has 1 unspecified atom stereocenters. The van der Waals surface area contributed by atoms with Crippen LogP contribution in [-0.2, 0) is 14.3 Å². The molecule has 4 heteroatoms. The summed E-state index contributed by atoms with van der Waals surface area (Å²) < 4.78 is 10.8. The summed E-state index contributed by atoms with van der Waals surface area (Å²) >= 11 is 0. The number of hydrogen-bond acceptors (Lipinski definition) is 4. The minimum Gasteiger partial charge on any atom is -0.454 e. The number of carbonyl (C=O) groups excluding carboxylic acids is 1. The van der Waals surface area contributed by atoms with Gasteiger partial charge in [0.2, 0.25) is 0 Å². The van der Waals surface area contributed by atoms with Gasteiger partial charge in [0.1, 0.15) is 6.10 Å². The predicted molar refractivity (Wildman–Crippen MR) is 113 cm³/mol. The fourth-order valence-corrected chi connectivity index (χ4v) is 2.93. The van der Waals surface area contributed by atoms with Crippen LogP contribution in [0.4, 0.5) is 0 Å². The van der Waals surface area contributed by atoms with Gasteiger partial charge in [-0.1, -0.05) is 90.6 Å². The fraction of sp³-hybridized carbons (Fsp3) is 0.870. The average molecular weight is 385 g/mol. The standard InChI is InChI=1S/C23H44O4/c1-3-5-7-9-11-12-13-14-16-18-23(25)27-22(20-24)21-26-19-17-15-10-8-6-4-2/h16,18,22,24H,3-15,17,19-21H2,1-2H3/b18-16+.